The lowest BCUT2D eigenvalue weighted by molar-refractivity contribution is 0.262. The van der Waals surface area contributed by atoms with Crippen LogP contribution in [-0.2, 0) is 6.42 Å². The van der Waals surface area contributed by atoms with Crippen LogP contribution in [0.2, 0.25) is 0 Å². The van der Waals surface area contributed by atoms with Crippen molar-refractivity contribution in [2.24, 2.45) is 5.92 Å². The number of nitrogens with one attached hydrogen (secondary N) is 1. The third-order valence-electron chi connectivity index (χ3n) is 4.07. The van der Waals surface area contributed by atoms with Crippen LogP contribution in [0, 0.1) is 5.92 Å². The van der Waals surface area contributed by atoms with Gasteiger partial charge in [0.05, 0.1) is 6.61 Å². The summed E-state index contributed by atoms with van der Waals surface area (Å²) in [6.07, 6.45) is 4.95. The van der Waals surface area contributed by atoms with Crippen LogP contribution in [0.4, 0.5) is 0 Å². The van der Waals surface area contributed by atoms with E-state index in [1.165, 1.54) is 36.1 Å². The molecule has 2 unspecified atom stereocenters. The first kappa shape index (κ1) is 11.1. The van der Waals surface area contributed by atoms with Crippen molar-refractivity contribution >= 4 is 0 Å². The fourth-order valence-corrected chi connectivity index (χ4v) is 3.13. The van der Waals surface area contributed by atoms with Gasteiger partial charge in [0.15, 0.2) is 0 Å². The van der Waals surface area contributed by atoms with Gasteiger partial charge in [0.25, 0.3) is 0 Å². The van der Waals surface area contributed by atoms with Crippen LogP contribution in [0.5, 0.6) is 5.75 Å². The maximum atomic E-state index is 5.92. The Morgan fingerprint density at radius 3 is 3.12 bits per heavy atom. The highest BCUT2D eigenvalue weighted by atomic mass is 16.5. The van der Waals surface area contributed by atoms with Crippen LogP contribution >= 0.6 is 0 Å². The lowest BCUT2D eigenvalue weighted by Gasteiger charge is -2.33. The molecule has 2 atom stereocenters. The molecule has 0 radical (unpaired) electrons. The van der Waals surface area contributed by atoms with Gasteiger partial charge in [-0.1, -0.05) is 25.1 Å². The number of ether oxygens (including phenoxy) is 1. The average molecular weight is 231 g/mol. The molecule has 92 valence electrons. The molecule has 0 spiro atoms. The summed E-state index contributed by atoms with van der Waals surface area (Å²) in [5, 5.41) is 3.66. The van der Waals surface area contributed by atoms with E-state index in [0.717, 1.165) is 19.6 Å². The second-order valence-corrected chi connectivity index (χ2v) is 5.34. The van der Waals surface area contributed by atoms with Crippen LogP contribution in [0.3, 0.4) is 0 Å². The largest absolute Gasteiger partial charge is 0.493 e. The summed E-state index contributed by atoms with van der Waals surface area (Å²) in [7, 11) is 0. The molecule has 1 saturated heterocycles. The zero-order chi connectivity index (χ0) is 11.7. The first-order valence-corrected chi connectivity index (χ1v) is 6.84. The minimum Gasteiger partial charge on any atom is -0.493 e. The summed E-state index contributed by atoms with van der Waals surface area (Å²) in [5.74, 6) is 1.88. The number of hydrogen-bond acceptors (Lipinski definition) is 2. The Bertz CT molecular complexity index is 402. The van der Waals surface area contributed by atoms with Gasteiger partial charge in [-0.05, 0) is 43.7 Å². The second kappa shape index (κ2) is 4.69. The van der Waals surface area contributed by atoms with Crippen LogP contribution in [0.1, 0.15) is 43.4 Å². The molecule has 1 aromatic carbocycles. The van der Waals surface area contributed by atoms with E-state index in [1.54, 1.807) is 0 Å². The van der Waals surface area contributed by atoms with E-state index in [2.05, 4.69) is 30.4 Å². The smallest absolute Gasteiger partial charge is 0.127 e. The maximum absolute atomic E-state index is 5.92. The lowest BCUT2D eigenvalue weighted by Crippen LogP contribution is -2.33. The minimum absolute atomic E-state index is 0.483. The average Bonchev–Trinajstić information content (AvgIpc) is 2.39. The Hall–Kier alpha value is -1.02. The molecule has 0 amide bonds. The van der Waals surface area contributed by atoms with Gasteiger partial charge in [-0.25, -0.2) is 0 Å². The topological polar surface area (TPSA) is 21.3 Å². The summed E-state index contributed by atoms with van der Waals surface area (Å²) in [6, 6.07) is 7.12. The Labute approximate surface area is 103 Å². The third-order valence-corrected chi connectivity index (χ3v) is 4.07. The fraction of sp³-hybridized carbons (Fsp3) is 0.600. The quantitative estimate of drug-likeness (QED) is 0.802. The molecule has 2 heteroatoms. The zero-order valence-corrected chi connectivity index (χ0v) is 10.5. The molecule has 1 aromatic rings. The van der Waals surface area contributed by atoms with Gasteiger partial charge < -0.3 is 10.1 Å². The van der Waals surface area contributed by atoms with Crippen molar-refractivity contribution in [1.29, 1.82) is 0 Å². The van der Waals surface area contributed by atoms with E-state index >= 15 is 0 Å². The maximum Gasteiger partial charge on any atom is 0.127 e. The SMILES string of the molecule is CC1CCCNC1c1cccc2c1OCCC2. The number of aryl methyl sites for hydroxylation is 1. The summed E-state index contributed by atoms with van der Waals surface area (Å²) < 4.78 is 5.92. The van der Waals surface area contributed by atoms with Crippen molar-refractivity contribution < 1.29 is 4.74 Å². The van der Waals surface area contributed by atoms with Crippen molar-refractivity contribution in [3.05, 3.63) is 29.3 Å². The highest BCUT2D eigenvalue weighted by Gasteiger charge is 2.26. The van der Waals surface area contributed by atoms with Gasteiger partial charge in [-0.15, -0.1) is 0 Å². The van der Waals surface area contributed by atoms with Gasteiger partial charge in [-0.2, -0.15) is 0 Å². The normalized spacial score (nSPS) is 28.3. The van der Waals surface area contributed by atoms with E-state index in [-0.39, 0.29) is 0 Å². The van der Waals surface area contributed by atoms with Gasteiger partial charge in [0, 0.05) is 11.6 Å². The number of fused-ring (bicyclic) bond motifs is 1. The van der Waals surface area contributed by atoms with Crippen LogP contribution in [0.15, 0.2) is 18.2 Å². The van der Waals surface area contributed by atoms with Crippen LogP contribution in [-0.4, -0.2) is 13.2 Å². The van der Waals surface area contributed by atoms with E-state index in [0.29, 0.717) is 12.0 Å². The molecule has 0 saturated carbocycles. The van der Waals surface area contributed by atoms with E-state index in [1.807, 2.05) is 0 Å². The summed E-state index contributed by atoms with van der Waals surface area (Å²) in [4.78, 5) is 0. The highest BCUT2D eigenvalue weighted by molar-refractivity contribution is 5.44. The molecule has 1 N–H and O–H groups in total. The lowest BCUT2D eigenvalue weighted by atomic mass is 9.86. The van der Waals surface area contributed by atoms with Crippen molar-refractivity contribution in [3.8, 4) is 5.75 Å². The number of benzene rings is 1. The highest BCUT2D eigenvalue weighted by Crippen LogP contribution is 2.38. The van der Waals surface area contributed by atoms with E-state index < -0.39 is 0 Å². The number of piperidine rings is 1. The van der Waals surface area contributed by atoms with Crippen molar-refractivity contribution in [2.45, 2.75) is 38.6 Å². The van der Waals surface area contributed by atoms with E-state index in [4.69, 9.17) is 4.74 Å². The Kier molecular flexibility index (Phi) is 3.06. The molecule has 2 aliphatic rings. The van der Waals surface area contributed by atoms with Crippen LogP contribution < -0.4 is 10.1 Å². The zero-order valence-electron chi connectivity index (χ0n) is 10.5. The molecule has 0 aromatic heterocycles. The number of rotatable bonds is 1. The molecule has 2 heterocycles. The van der Waals surface area contributed by atoms with Crippen molar-refractivity contribution in [2.75, 3.05) is 13.2 Å². The minimum atomic E-state index is 0.483. The molecule has 17 heavy (non-hydrogen) atoms. The predicted octanol–water partition coefficient (Wildman–Crippen LogP) is 3.07. The monoisotopic (exact) mass is 231 g/mol. The standard InChI is InChI=1S/C15H21NO/c1-11-5-3-9-16-14(11)13-8-2-6-12-7-4-10-17-15(12)13/h2,6,8,11,14,16H,3-5,7,9-10H2,1H3. The van der Waals surface area contributed by atoms with Gasteiger partial charge in [0.2, 0.25) is 0 Å². The first-order valence-electron chi connectivity index (χ1n) is 6.84. The van der Waals surface area contributed by atoms with E-state index in [9.17, 15) is 0 Å². The Balaban J connectivity index is 1.96. The molecule has 2 aliphatic heterocycles. The molecule has 3 rings (SSSR count). The van der Waals surface area contributed by atoms with Crippen LogP contribution in [0.25, 0.3) is 0 Å². The Morgan fingerprint density at radius 1 is 1.29 bits per heavy atom. The molecule has 0 bridgehead atoms. The van der Waals surface area contributed by atoms with Gasteiger partial charge >= 0.3 is 0 Å². The molecular formula is C15H21NO. The summed E-state index contributed by atoms with van der Waals surface area (Å²) >= 11 is 0. The second-order valence-electron chi connectivity index (χ2n) is 5.34. The molecular weight excluding hydrogens is 210 g/mol. The molecule has 2 nitrogen and oxygen atoms in total. The van der Waals surface area contributed by atoms with Gasteiger partial charge in [0.1, 0.15) is 5.75 Å². The first-order chi connectivity index (χ1) is 8.36. The van der Waals surface area contributed by atoms with Crippen molar-refractivity contribution in [1.82, 2.24) is 5.32 Å². The van der Waals surface area contributed by atoms with Gasteiger partial charge in [-0.3, -0.25) is 0 Å². The Morgan fingerprint density at radius 2 is 2.24 bits per heavy atom. The predicted molar refractivity (Wildman–Crippen MR) is 69.4 cm³/mol. The molecule has 0 aliphatic carbocycles. The third kappa shape index (κ3) is 2.06. The number of para-hydroxylation sites is 1. The summed E-state index contributed by atoms with van der Waals surface area (Å²) in [6.45, 7) is 4.36. The summed E-state index contributed by atoms with van der Waals surface area (Å²) in [5.41, 5.74) is 2.78. The molecule has 1 fully saturated rings. The fourth-order valence-electron chi connectivity index (χ4n) is 3.13. The van der Waals surface area contributed by atoms with Crippen molar-refractivity contribution in [3.63, 3.8) is 0 Å². The number of hydrogen-bond donors (Lipinski definition) is 1.